The molecule has 0 radical (unpaired) electrons. The summed E-state index contributed by atoms with van der Waals surface area (Å²) in [5, 5.41) is 9.42. The van der Waals surface area contributed by atoms with Gasteiger partial charge in [0, 0.05) is 15.6 Å². The third kappa shape index (κ3) is 4.05. The lowest BCUT2D eigenvalue weighted by Gasteiger charge is -2.10. The number of aliphatic hydroxyl groups excluding tert-OH is 1. The van der Waals surface area contributed by atoms with E-state index in [1.165, 1.54) is 0 Å². The van der Waals surface area contributed by atoms with Crippen LogP contribution in [0.3, 0.4) is 0 Å². The van der Waals surface area contributed by atoms with E-state index in [2.05, 4.69) is 22.6 Å². The third-order valence-corrected chi connectivity index (χ3v) is 3.79. The molecule has 104 valence electrons. The molecule has 4 heteroatoms. The fraction of sp³-hybridized carbons (Fsp3) is 0.188. The lowest BCUT2D eigenvalue weighted by atomic mass is 10.0. The van der Waals surface area contributed by atoms with Crippen LogP contribution in [0.4, 0.5) is 0 Å². The Labute approximate surface area is 131 Å². The molecule has 2 rings (SSSR count). The van der Waals surface area contributed by atoms with Crippen molar-refractivity contribution in [3.8, 4) is 5.75 Å². The van der Waals surface area contributed by atoms with E-state index in [0.717, 1.165) is 0 Å². The highest BCUT2D eigenvalue weighted by Crippen LogP contribution is 2.15. The van der Waals surface area contributed by atoms with E-state index < -0.39 is 6.10 Å². The van der Waals surface area contributed by atoms with Gasteiger partial charge >= 0.3 is 0 Å². The van der Waals surface area contributed by atoms with Crippen molar-refractivity contribution in [2.45, 2.75) is 6.10 Å². The molecule has 0 saturated carbocycles. The topological polar surface area (TPSA) is 46.5 Å². The van der Waals surface area contributed by atoms with Gasteiger partial charge in [-0.15, -0.1) is 0 Å². The number of hydrogen-bond donors (Lipinski definition) is 1. The molecule has 0 aliphatic carbocycles. The maximum Gasteiger partial charge on any atom is 0.193 e. The monoisotopic (exact) mass is 382 g/mol. The van der Waals surface area contributed by atoms with Crippen LogP contribution in [-0.4, -0.2) is 28.0 Å². The fourth-order valence-electron chi connectivity index (χ4n) is 1.70. The summed E-state index contributed by atoms with van der Waals surface area (Å²) >= 11 is 2.10. The summed E-state index contributed by atoms with van der Waals surface area (Å²) in [5.74, 6) is 0.642. The molecule has 3 nitrogen and oxygen atoms in total. The Hall–Kier alpha value is -1.40. The average molecular weight is 382 g/mol. The minimum absolute atomic E-state index is 0.00977. The number of carbonyl (C=O) groups excluding carboxylic acids is 1. The summed E-state index contributed by atoms with van der Waals surface area (Å²) < 4.78 is 6.06. The maximum atomic E-state index is 12.2. The maximum absolute atomic E-state index is 12.2. The van der Waals surface area contributed by atoms with Gasteiger partial charge in [0.2, 0.25) is 0 Å². The van der Waals surface area contributed by atoms with Crippen molar-refractivity contribution >= 4 is 28.4 Å². The number of benzene rings is 2. The highest BCUT2D eigenvalue weighted by Gasteiger charge is 2.08. The van der Waals surface area contributed by atoms with Gasteiger partial charge in [-0.2, -0.15) is 0 Å². The smallest absolute Gasteiger partial charge is 0.193 e. The predicted octanol–water partition coefficient (Wildman–Crippen LogP) is 3.09. The molecule has 0 fully saturated rings. The largest absolute Gasteiger partial charge is 0.491 e. The Balaban J connectivity index is 2.03. The van der Waals surface area contributed by atoms with Crippen LogP contribution in [0.15, 0.2) is 54.6 Å². The second-order valence-corrected chi connectivity index (χ2v) is 5.22. The minimum atomic E-state index is -0.471. The molecule has 20 heavy (non-hydrogen) atoms. The van der Waals surface area contributed by atoms with Gasteiger partial charge in [-0.05, 0) is 24.3 Å². The summed E-state index contributed by atoms with van der Waals surface area (Å²) in [6.07, 6.45) is -0.471. The number of carbonyl (C=O) groups is 1. The van der Waals surface area contributed by atoms with E-state index in [0.29, 0.717) is 21.3 Å². The second-order valence-electron chi connectivity index (χ2n) is 4.34. The van der Waals surface area contributed by atoms with E-state index in [1.807, 2.05) is 18.2 Å². The third-order valence-electron chi connectivity index (χ3n) is 2.77. The molecule has 0 aliphatic rings. The standard InChI is InChI=1S/C16H15IO3/c17-10-14(18)11-20-15-8-6-13(7-9-15)16(19)12-4-2-1-3-5-12/h1-9,14,18H,10-11H2. The molecule has 1 atom stereocenters. The van der Waals surface area contributed by atoms with Crippen molar-refractivity contribution < 1.29 is 14.6 Å². The minimum Gasteiger partial charge on any atom is -0.491 e. The molecule has 1 unspecified atom stereocenters. The first-order valence-electron chi connectivity index (χ1n) is 6.27. The molecule has 1 N–H and O–H groups in total. The zero-order valence-corrected chi connectivity index (χ0v) is 13.0. The van der Waals surface area contributed by atoms with E-state index >= 15 is 0 Å². The van der Waals surface area contributed by atoms with Crippen LogP contribution in [0.1, 0.15) is 15.9 Å². The molecular formula is C16H15IO3. The van der Waals surface area contributed by atoms with E-state index in [9.17, 15) is 9.90 Å². The summed E-state index contributed by atoms with van der Waals surface area (Å²) in [7, 11) is 0. The zero-order valence-electron chi connectivity index (χ0n) is 10.8. The van der Waals surface area contributed by atoms with Gasteiger partial charge < -0.3 is 9.84 Å². The number of halogens is 1. The Kier molecular flexibility index (Phi) is 5.55. The lowest BCUT2D eigenvalue weighted by Crippen LogP contribution is -2.18. The van der Waals surface area contributed by atoms with Gasteiger partial charge in [0.15, 0.2) is 5.78 Å². The van der Waals surface area contributed by atoms with Crippen LogP contribution in [0.25, 0.3) is 0 Å². The number of hydrogen-bond acceptors (Lipinski definition) is 3. The normalized spacial score (nSPS) is 11.9. The lowest BCUT2D eigenvalue weighted by molar-refractivity contribution is 0.103. The molecular weight excluding hydrogens is 367 g/mol. The van der Waals surface area contributed by atoms with E-state index in [4.69, 9.17) is 4.74 Å². The first-order chi connectivity index (χ1) is 9.70. The molecule has 0 spiro atoms. The molecule has 2 aromatic rings. The Morgan fingerprint density at radius 1 is 1.05 bits per heavy atom. The van der Waals surface area contributed by atoms with Gasteiger partial charge in [0.25, 0.3) is 0 Å². The summed E-state index contributed by atoms with van der Waals surface area (Å²) in [6, 6.07) is 16.1. The summed E-state index contributed by atoms with van der Waals surface area (Å²) in [6.45, 7) is 0.259. The molecule has 0 bridgehead atoms. The number of ether oxygens (including phenoxy) is 1. The van der Waals surface area contributed by atoms with Gasteiger partial charge in [-0.3, -0.25) is 4.79 Å². The van der Waals surface area contributed by atoms with Crippen LogP contribution in [-0.2, 0) is 0 Å². The number of rotatable bonds is 6. The Bertz CT molecular complexity index is 552. The molecule has 0 aromatic heterocycles. The van der Waals surface area contributed by atoms with E-state index in [-0.39, 0.29) is 12.4 Å². The van der Waals surface area contributed by atoms with Gasteiger partial charge in [0.05, 0.1) is 6.10 Å². The van der Waals surface area contributed by atoms with Crippen LogP contribution in [0.5, 0.6) is 5.75 Å². The Morgan fingerprint density at radius 3 is 2.25 bits per heavy atom. The summed E-state index contributed by atoms with van der Waals surface area (Å²) in [4.78, 5) is 12.2. The van der Waals surface area contributed by atoms with Crippen molar-refractivity contribution in [1.82, 2.24) is 0 Å². The van der Waals surface area contributed by atoms with Crippen LogP contribution < -0.4 is 4.74 Å². The molecule has 0 amide bonds. The molecule has 2 aromatic carbocycles. The van der Waals surface area contributed by atoms with Gasteiger partial charge in [0.1, 0.15) is 12.4 Å². The first-order valence-corrected chi connectivity index (χ1v) is 7.80. The zero-order chi connectivity index (χ0) is 14.4. The van der Waals surface area contributed by atoms with Crippen molar-refractivity contribution in [2.75, 3.05) is 11.0 Å². The SMILES string of the molecule is O=C(c1ccccc1)c1ccc(OCC(O)CI)cc1. The van der Waals surface area contributed by atoms with Crippen molar-refractivity contribution in [1.29, 1.82) is 0 Å². The van der Waals surface area contributed by atoms with Crippen LogP contribution >= 0.6 is 22.6 Å². The summed E-state index contributed by atoms with van der Waals surface area (Å²) in [5.41, 5.74) is 1.29. The molecule has 0 aliphatic heterocycles. The van der Waals surface area contributed by atoms with Crippen molar-refractivity contribution in [3.63, 3.8) is 0 Å². The number of alkyl halides is 1. The number of aliphatic hydroxyl groups is 1. The fourth-order valence-corrected chi connectivity index (χ4v) is 1.95. The van der Waals surface area contributed by atoms with Gasteiger partial charge in [-0.25, -0.2) is 0 Å². The van der Waals surface area contributed by atoms with Crippen LogP contribution in [0.2, 0.25) is 0 Å². The Morgan fingerprint density at radius 2 is 1.65 bits per heavy atom. The van der Waals surface area contributed by atoms with E-state index in [1.54, 1.807) is 36.4 Å². The van der Waals surface area contributed by atoms with Crippen molar-refractivity contribution in [3.05, 3.63) is 65.7 Å². The average Bonchev–Trinajstić information content (AvgIpc) is 2.53. The van der Waals surface area contributed by atoms with Crippen LogP contribution in [0, 0.1) is 0 Å². The van der Waals surface area contributed by atoms with Gasteiger partial charge in [-0.1, -0.05) is 52.9 Å². The molecule has 0 heterocycles. The second kappa shape index (κ2) is 7.40. The highest BCUT2D eigenvalue weighted by atomic mass is 127. The quantitative estimate of drug-likeness (QED) is 0.475. The first kappa shape index (κ1) is 15.0. The number of ketones is 1. The van der Waals surface area contributed by atoms with Crippen molar-refractivity contribution in [2.24, 2.45) is 0 Å². The predicted molar refractivity (Wildman–Crippen MR) is 86.7 cm³/mol. The molecule has 0 saturated heterocycles. The highest BCUT2D eigenvalue weighted by molar-refractivity contribution is 14.1.